The number of carboxylic acids is 1. The topological polar surface area (TPSA) is 75.0 Å². The predicted octanol–water partition coefficient (Wildman–Crippen LogP) is 3.35. The van der Waals surface area contributed by atoms with Crippen LogP contribution in [0.2, 0.25) is 0 Å². The Morgan fingerprint density at radius 3 is 2.65 bits per heavy atom. The molecule has 0 bridgehead atoms. The van der Waals surface area contributed by atoms with Gasteiger partial charge in [-0.2, -0.15) is 0 Å². The van der Waals surface area contributed by atoms with Gasteiger partial charge in [-0.3, -0.25) is 4.79 Å². The van der Waals surface area contributed by atoms with Crippen LogP contribution in [0.15, 0.2) is 17.1 Å². The lowest BCUT2D eigenvalue weighted by molar-refractivity contribution is 0.0694. The fourth-order valence-corrected chi connectivity index (χ4v) is 4.62. The molecule has 0 spiro atoms. The zero-order valence-corrected chi connectivity index (χ0v) is 18.5. The first-order valence-corrected chi connectivity index (χ1v) is 10.9. The van der Waals surface area contributed by atoms with Crippen molar-refractivity contribution in [1.29, 1.82) is 0 Å². The maximum Gasteiger partial charge on any atom is 0.341 e. The lowest BCUT2D eigenvalue weighted by atomic mass is 10.00. The van der Waals surface area contributed by atoms with Gasteiger partial charge in [0.25, 0.3) is 0 Å². The molecule has 31 heavy (non-hydrogen) atoms. The van der Waals surface area contributed by atoms with Gasteiger partial charge in [0.2, 0.25) is 5.43 Å². The fourth-order valence-electron chi connectivity index (χ4n) is 4.62. The number of rotatable bonds is 7. The van der Waals surface area contributed by atoms with Crippen LogP contribution in [0.5, 0.6) is 5.75 Å². The maximum atomic E-state index is 15.5. The van der Waals surface area contributed by atoms with E-state index in [2.05, 4.69) is 11.8 Å². The summed E-state index contributed by atoms with van der Waals surface area (Å²) < 4.78 is 23.2. The largest absolute Gasteiger partial charge is 0.489 e. The quantitative estimate of drug-likeness (QED) is 0.725. The van der Waals surface area contributed by atoms with Gasteiger partial charge in [0, 0.05) is 31.4 Å². The summed E-state index contributed by atoms with van der Waals surface area (Å²) in [6.45, 7) is 5.71. The van der Waals surface area contributed by atoms with E-state index in [1.807, 2.05) is 30.5 Å². The lowest BCUT2D eigenvalue weighted by Crippen LogP contribution is -2.34. The highest BCUT2D eigenvalue weighted by Crippen LogP contribution is 2.45. The molecule has 2 aromatic rings. The van der Waals surface area contributed by atoms with E-state index in [0.717, 1.165) is 19.3 Å². The molecule has 2 heterocycles. The molecule has 0 radical (unpaired) electrons. The fraction of sp³-hybridized carbons (Fsp3) is 0.565. The van der Waals surface area contributed by atoms with Crippen molar-refractivity contribution in [2.45, 2.75) is 45.2 Å². The van der Waals surface area contributed by atoms with Crippen molar-refractivity contribution >= 4 is 22.6 Å². The summed E-state index contributed by atoms with van der Waals surface area (Å²) in [5.74, 6) is -1.11. The second-order valence-electron chi connectivity index (χ2n) is 8.88. The molecule has 1 aromatic heterocycles. The van der Waals surface area contributed by atoms with Crippen LogP contribution in [0, 0.1) is 11.7 Å². The normalized spacial score (nSPS) is 19.9. The number of carbonyl (C=O) groups is 1. The number of anilines is 1. The number of hydrogen-bond acceptors (Lipinski definition) is 5. The minimum absolute atomic E-state index is 0.0638. The van der Waals surface area contributed by atoms with E-state index in [0.29, 0.717) is 48.6 Å². The van der Waals surface area contributed by atoms with Gasteiger partial charge in [-0.1, -0.05) is 0 Å². The van der Waals surface area contributed by atoms with E-state index in [9.17, 15) is 14.7 Å². The van der Waals surface area contributed by atoms with Crippen molar-refractivity contribution in [3.8, 4) is 5.75 Å². The number of ether oxygens (including phenoxy) is 1. The zero-order chi connectivity index (χ0) is 22.4. The highest BCUT2D eigenvalue weighted by molar-refractivity contribution is 5.97. The molecule has 2 aliphatic rings. The van der Waals surface area contributed by atoms with Crippen LogP contribution in [0.1, 0.15) is 49.5 Å². The molecule has 1 saturated heterocycles. The molecule has 2 atom stereocenters. The van der Waals surface area contributed by atoms with Crippen LogP contribution in [-0.4, -0.2) is 60.4 Å². The highest BCUT2D eigenvalue weighted by atomic mass is 19.1. The minimum Gasteiger partial charge on any atom is -0.489 e. The molecule has 1 aromatic carbocycles. The van der Waals surface area contributed by atoms with E-state index >= 15 is 4.39 Å². The van der Waals surface area contributed by atoms with Crippen molar-refractivity contribution < 1.29 is 19.0 Å². The molecule has 1 aliphatic carbocycles. The van der Waals surface area contributed by atoms with Crippen LogP contribution >= 0.6 is 0 Å². The summed E-state index contributed by atoms with van der Waals surface area (Å²) in [5.41, 5.74) is -0.138. The molecule has 7 nitrogen and oxygen atoms in total. The number of aromatic nitrogens is 1. The second-order valence-corrected chi connectivity index (χ2v) is 8.88. The van der Waals surface area contributed by atoms with Crippen molar-refractivity contribution in [3.63, 3.8) is 0 Å². The number of carboxylic acid groups (broad SMARTS) is 1. The second kappa shape index (κ2) is 8.15. The molecule has 8 heteroatoms. The number of aromatic carboxylic acids is 1. The van der Waals surface area contributed by atoms with Crippen molar-refractivity contribution in [2.75, 3.05) is 38.7 Å². The van der Waals surface area contributed by atoms with Crippen LogP contribution in [-0.2, 0) is 0 Å². The predicted molar refractivity (Wildman–Crippen MR) is 118 cm³/mol. The smallest absolute Gasteiger partial charge is 0.341 e. The molecule has 0 amide bonds. The molecule has 2 fully saturated rings. The maximum absolute atomic E-state index is 15.5. The molecule has 1 N–H and O–H groups in total. The summed E-state index contributed by atoms with van der Waals surface area (Å²) in [6, 6.07) is 1.65. The van der Waals surface area contributed by atoms with Gasteiger partial charge in [0.1, 0.15) is 11.3 Å². The van der Waals surface area contributed by atoms with E-state index in [4.69, 9.17) is 4.74 Å². The third-order valence-electron chi connectivity index (χ3n) is 6.70. The van der Waals surface area contributed by atoms with Gasteiger partial charge in [-0.05, 0) is 59.2 Å². The highest BCUT2D eigenvalue weighted by Gasteiger charge is 2.34. The standard InChI is InChI=1S/C23H30FN3O4/c1-5-31-22-19-16(21(28)17(23(29)30)12-27(19)15-6-7-15)10-18(24)20(22)26-9-8-14(11-26)13(2)25(3)4/h10,12-15H,5-9,11H2,1-4H3,(H,29,30)/t13-,14+/m1/s1. The minimum atomic E-state index is -1.30. The van der Waals surface area contributed by atoms with Gasteiger partial charge >= 0.3 is 5.97 Å². The molecule has 168 valence electrons. The summed E-state index contributed by atoms with van der Waals surface area (Å²) >= 11 is 0. The van der Waals surface area contributed by atoms with Crippen LogP contribution in [0.4, 0.5) is 10.1 Å². The number of benzene rings is 1. The average molecular weight is 432 g/mol. The number of hydrogen-bond donors (Lipinski definition) is 1. The third-order valence-corrected chi connectivity index (χ3v) is 6.70. The first-order chi connectivity index (χ1) is 14.7. The monoisotopic (exact) mass is 431 g/mol. The Balaban J connectivity index is 1.91. The van der Waals surface area contributed by atoms with Gasteiger partial charge in [-0.25, -0.2) is 9.18 Å². The van der Waals surface area contributed by atoms with Crippen LogP contribution in [0.3, 0.4) is 0 Å². The van der Waals surface area contributed by atoms with Gasteiger partial charge < -0.3 is 24.2 Å². The summed E-state index contributed by atoms with van der Waals surface area (Å²) in [5, 5.41) is 9.56. The first kappa shape index (κ1) is 21.6. The van der Waals surface area contributed by atoms with Gasteiger partial charge in [-0.15, -0.1) is 0 Å². The Bertz CT molecular complexity index is 1080. The van der Waals surface area contributed by atoms with Crippen LogP contribution in [0.25, 0.3) is 10.9 Å². The Hall–Kier alpha value is -2.61. The van der Waals surface area contributed by atoms with Crippen molar-refractivity contribution in [1.82, 2.24) is 9.47 Å². The van der Waals surface area contributed by atoms with Gasteiger partial charge in [0.05, 0.1) is 17.5 Å². The molecule has 4 rings (SSSR count). The van der Waals surface area contributed by atoms with E-state index in [-0.39, 0.29) is 17.0 Å². The number of fused-ring (bicyclic) bond motifs is 1. The summed E-state index contributed by atoms with van der Waals surface area (Å²) in [4.78, 5) is 28.7. The third kappa shape index (κ3) is 3.78. The molecular formula is C23H30FN3O4. The number of pyridine rings is 1. The zero-order valence-electron chi connectivity index (χ0n) is 18.5. The molecule has 1 aliphatic heterocycles. The Morgan fingerprint density at radius 2 is 2.06 bits per heavy atom. The first-order valence-electron chi connectivity index (χ1n) is 10.9. The summed E-state index contributed by atoms with van der Waals surface area (Å²) in [7, 11) is 4.09. The number of nitrogens with zero attached hydrogens (tertiary/aromatic N) is 3. The Kier molecular flexibility index (Phi) is 5.68. The van der Waals surface area contributed by atoms with Gasteiger partial charge in [0.15, 0.2) is 11.6 Å². The SMILES string of the molecule is CCOc1c(N2CC[C@H]([C@@H](C)N(C)C)C2)c(F)cc2c(=O)c(C(=O)O)cn(C3CC3)c12. The lowest BCUT2D eigenvalue weighted by Gasteiger charge is -2.28. The van der Waals surface area contributed by atoms with Crippen LogP contribution < -0.4 is 15.1 Å². The molecular weight excluding hydrogens is 401 g/mol. The average Bonchev–Trinajstić information content (AvgIpc) is 3.45. The Morgan fingerprint density at radius 1 is 1.35 bits per heavy atom. The Labute approximate surface area is 181 Å². The van der Waals surface area contributed by atoms with Crippen molar-refractivity contribution in [3.05, 3.63) is 33.9 Å². The van der Waals surface area contributed by atoms with E-state index in [1.54, 1.807) is 0 Å². The van der Waals surface area contributed by atoms with Crippen molar-refractivity contribution in [2.24, 2.45) is 5.92 Å². The molecule has 1 saturated carbocycles. The van der Waals surface area contributed by atoms with E-state index < -0.39 is 17.2 Å². The molecule has 0 unspecified atom stereocenters. The number of halogens is 1. The summed E-state index contributed by atoms with van der Waals surface area (Å²) in [6.07, 6.45) is 4.12. The van der Waals surface area contributed by atoms with E-state index in [1.165, 1.54) is 12.3 Å².